The Kier molecular flexibility index (Phi) is 12.0. The molecular weight excluding hydrogens is 596 g/mol. The Balaban J connectivity index is 1.23. The molecule has 0 amide bonds. The standard InChI is InChI=1S/C39H36O8/c1-26(2)44-32-15-5-28(6-16-32)9-23-38(42)46-34-19-11-30(12-20-34)36(40)25-37(41)31-13-21-35(22-14-31)47-39(43)24-10-29-7-17-33(18-8-29)45-27(3)4/h5-24,26-27H,25H2,1-4H3/b23-9+,24-10+. The summed E-state index contributed by atoms with van der Waals surface area (Å²) in [5.74, 6) is 0.0854. The molecule has 240 valence electrons. The van der Waals surface area contributed by atoms with Crippen LogP contribution in [0.15, 0.2) is 109 Å². The largest absolute Gasteiger partial charge is 0.491 e. The Morgan fingerprint density at radius 1 is 0.489 bits per heavy atom. The van der Waals surface area contributed by atoms with E-state index < -0.39 is 11.9 Å². The minimum atomic E-state index is -0.575. The van der Waals surface area contributed by atoms with Gasteiger partial charge >= 0.3 is 11.9 Å². The van der Waals surface area contributed by atoms with Crippen LogP contribution in [-0.2, 0) is 9.59 Å². The molecule has 47 heavy (non-hydrogen) atoms. The highest BCUT2D eigenvalue weighted by Gasteiger charge is 2.15. The first kappa shape index (κ1) is 34.1. The highest BCUT2D eigenvalue weighted by atomic mass is 16.5. The third-order valence-corrected chi connectivity index (χ3v) is 6.44. The first-order valence-electron chi connectivity index (χ1n) is 15.1. The molecule has 0 heterocycles. The lowest BCUT2D eigenvalue weighted by Crippen LogP contribution is -2.09. The fourth-order valence-electron chi connectivity index (χ4n) is 4.26. The maximum atomic E-state index is 12.7. The molecule has 0 unspecified atom stereocenters. The summed E-state index contributed by atoms with van der Waals surface area (Å²) >= 11 is 0. The van der Waals surface area contributed by atoms with Crippen LogP contribution < -0.4 is 18.9 Å². The van der Waals surface area contributed by atoms with Gasteiger partial charge in [-0.05, 0) is 124 Å². The van der Waals surface area contributed by atoms with Gasteiger partial charge in [-0.3, -0.25) is 9.59 Å². The predicted octanol–water partition coefficient (Wildman–Crippen LogP) is 7.95. The molecule has 0 aliphatic rings. The van der Waals surface area contributed by atoms with Gasteiger partial charge in [-0.1, -0.05) is 24.3 Å². The molecule has 0 aliphatic heterocycles. The molecule has 4 aromatic rings. The van der Waals surface area contributed by atoms with E-state index in [1.165, 1.54) is 60.7 Å². The average molecular weight is 633 g/mol. The number of Topliss-reactive ketones (excluding diaryl/α,β-unsaturated/α-hetero) is 2. The lowest BCUT2D eigenvalue weighted by atomic mass is 10.0. The molecule has 4 aromatic carbocycles. The summed E-state index contributed by atoms with van der Waals surface area (Å²) < 4.78 is 21.8. The van der Waals surface area contributed by atoms with Gasteiger partial charge in [-0.25, -0.2) is 9.59 Å². The van der Waals surface area contributed by atoms with Gasteiger partial charge < -0.3 is 18.9 Å². The zero-order chi connectivity index (χ0) is 33.8. The number of carbonyl (C=O) groups excluding carboxylic acids is 4. The van der Waals surface area contributed by atoms with Crippen molar-refractivity contribution in [1.82, 2.24) is 0 Å². The van der Waals surface area contributed by atoms with Crippen LogP contribution in [0, 0.1) is 0 Å². The fourth-order valence-corrected chi connectivity index (χ4v) is 4.26. The quantitative estimate of drug-likeness (QED) is 0.0453. The number of hydrogen-bond acceptors (Lipinski definition) is 8. The Morgan fingerprint density at radius 2 is 0.809 bits per heavy atom. The molecular formula is C39H36O8. The first-order chi connectivity index (χ1) is 22.5. The Hall–Kier alpha value is -5.76. The summed E-state index contributed by atoms with van der Waals surface area (Å²) in [6, 6.07) is 26.6. The second kappa shape index (κ2) is 16.5. The van der Waals surface area contributed by atoms with Gasteiger partial charge in [-0.15, -0.1) is 0 Å². The Bertz CT molecular complexity index is 1600. The monoisotopic (exact) mass is 632 g/mol. The number of ketones is 2. The smallest absolute Gasteiger partial charge is 0.336 e. The highest BCUT2D eigenvalue weighted by Crippen LogP contribution is 2.19. The third kappa shape index (κ3) is 11.3. The lowest BCUT2D eigenvalue weighted by molar-refractivity contribution is -0.129. The van der Waals surface area contributed by atoms with Crippen molar-refractivity contribution < 1.29 is 38.1 Å². The van der Waals surface area contributed by atoms with Crippen molar-refractivity contribution in [3.63, 3.8) is 0 Å². The van der Waals surface area contributed by atoms with Crippen LogP contribution >= 0.6 is 0 Å². The molecule has 4 rings (SSSR count). The summed E-state index contributed by atoms with van der Waals surface area (Å²) in [5, 5.41) is 0. The van der Waals surface area contributed by atoms with Crippen LogP contribution in [0.2, 0.25) is 0 Å². The minimum Gasteiger partial charge on any atom is -0.491 e. The molecule has 0 saturated heterocycles. The van der Waals surface area contributed by atoms with Crippen LogP contribution in [0.5, 0.6) is 23.0 Å². The van der Waals surface area contributed by atoms with Gasteiger partial charge in [0.05, 0.1) is 18.6 Å². The molecule has 8 nitrogen and oxygen atoms in total. The summed E-state index contributed by atoms with van der Waals surface area (Å²) in [4.78, 5) is 50.0. The fraction of sp³-hybridized carbons (Fsp3) is 0.179. The van der Waals surface area contributed by atoms with Crippen molar-refractivity contribution in [1.29, 1.82) is 0 Å². The van der Waals surface area contributed by atoms with Crippen molar-refractivity contribution in [2.45, 2.75) is 46.3 Å². The van der Waals surface area contributed by atoms with Gasteiger partial charge in [0.15, 0.2) is 11.6 Å². The molecule has 0 bridgehead atoms. The van der Waals surface area contributed by atoms with Crippen molar-refractivity contribution in [2.75, 3.05) is 0 Å². The van der Waals surface area contributed by atoms with Crippen molar-refractivity contribution in [2.24, 2.45) is 0 Å². The van der Waals surface area contributed by atoms with Gasteiger partial charge in [0.25, 0.3) is 0 Å². The van der Waals surface area contributed by atoms with Crippen molar-refractivity contribution in [3.8, 4) is 23.0 Å². The molecule has 0 atom stereocenters. The number of hydrogen-bond donors (Lipinski definition) is 0. The zero-order valence-electron chi connectivity index (χ0n) is 26.7. The van der Waals surface area contributed by atoms with Crippen LogP contribution in [0.4, 0.5) is 0 Å². The first-order valence-corrected chi connectivity index (χ1v) is 15.1. The van der Waals surface area contributed by atoms with E-state index in [4.69, 9.17) is 18.9 Å². The molecule has 0 aliphatic carbocycles. The van der Waals surface area contributed by atoms with E-state index in [1.54, 1.807) is 12.2 Å². The number of esters is 2. The SMILES string of the molecule is CC(C)Oc1ccc(/C=C/C(=O)Oc2ccc(C(=O)CC(=O)c3ccc(OC(=O)/C=C/c4ccc(OC(C)C)cc4)cc3)cc2)cc1. The summed E-state index contributed by atoms with van der Waals surface area (Å²) in [5.41, 5.74) is 2.22. The van der Waals surface area contributed by atoms with Gasteiger partial charge in [-0.2, -0.15) is 0 Å². The van der Waals surface area contributed by atoms with Crippen LogP contribution in [-0.4, -0.2) is 35.7 Å². The third-order valence-electron chi connectivity index (χ3n) is 6.44. The molecule has 0 aromatic heterocycles. The summed E-state index contributed by atoms with van der Waals surface area (Å²) in [6.07, 6.45) is 5.66. The Labute approximate surface area is 274 Å². The second-order valence-corrected chi connectivity index (χ2v) is 11.1. The van der Waals surface area contributed by atoms with E-state index in [0.29, 0.717) is 11.1 Å². The van der Waals surface area contributed by atoms with Gasteiger partial charge in [0, 0.05) is 23.3 Å². The number of rotatable bonds is 14. The van der Waals surface area contributed by atoms with Crippen LogP contribution in [0.3, 0.4) is 0 Å². The predicted molar refractivity (Wildman–Crippen MR) is 180 cm³/mol. The Morgan fingerprint density at radius 3 is 1.13 bits per heavy atom. The van der Waals surface area contributed by atoms with E-state index in [-0.39, 0.29) is 41.7 Å². The molecule has 0 fully saturated rings. The van der Waals surface area contributed by atoms with Gasteiger partial charge in [0.2, 0.25) is 0 Å². The van der Waals surface area contributed by atoms with Crippen molar-refractivity contribution >= 4 is 35.7 Å². The topological polar surface area (TPSA) is 105 Å². The molecule has 0 saturated carbocycles. The van der Waals surface area contributed by atoms with E-state index in [0.717, 1.165) is 22.6 Å². The molecule has 0 N–H and O–H groups in total. The average Bonchev–Trinajstić information content (AvgIpc) is 3.04. The van der Waals surface area contributed by atoms with E-state index in [9.17, 15) is 19.2 Å². The van der Waals surface area contributed by atoms with Crippen molar-refractivity contribution in [3.05, 3.63) is 131 Å². The zero-order valence-corrected chi connectivity index (χ0v) is 26.7. The maximum absolute atomic E-state index is 12.7. The molecule has 0 radical (unpaired) electrons. The van der Waals surface area contributed by atoms with E-state index in [2.05, 4.69) is 0 Å². The molecule has 8 heteroatoms. The minimum absolute atomic E-state index is 0.0703. The highest BCUT2D eigenvalue weighted by molar-refractivity contribution is 6.13. The van der Waals surface area contributed by atoms with Crippen LogP contribution in [0.25, 0.3) is 12.2 Å². The normalized spacial score (nSPS) is 11.2. The number of ether oxygens (including phenoxy) is 4. The molecule has 0 spiro atoms. The van der Waals surface area contributed by atoms with Gasteiger partial charge in [0.1, 0.15) is 23.0 Å². The van der Waals surface area contributed by atoms with E-state index in [1.807, 2.05) is 76.2 Å². The maximum Gasteiger partial charge on any atom is 0.336 e. The number of carbonyl (C=O) groups is 4. The summed E-state index contributed by atoms with van der Waals surface area (Å²) in [6.45, 7) is 7.78. The second-order valence-electron chi connectivity index (χ2n) is 11.1. The summed E-state index contributed by atoms with van der Waals surface area (Å²) in [7, 11) is 0. The van der Waals surface area contributed by atoms with E-state index >= 15 is 0 Å². The van der Waals surface area contributed by atoms with Crippen LogP contribution in [0.1, 0.15) is 66.0 Å². The number of benzene rings is 4. The lowest BCUT2D eigenvalue weighted by Gasteiger charge is -2.09.